The highest BCUT2D eigenvalue weighted by Gasteiger charge is 2.01. The van der Waals surface area contributed by atoms with Gasteiger partial charge in [-0.2, -0.15) is 0 Å². The van der Waals surface area contributed by atoms with Gasteiger partial charge in [0.25, 0.3) is 0 Å². The number of nitrogens with one attached hydrogen (secondary N) is 1. The van der Waals surface area contributed by atoms with Crippen molar-refractivity contribution < 1.29 is 0 Å². The number of rotatable bonds is 4. The van der Waals surface area contributed by atoms with Gasteiger partial charge in [-0.15, -0.1) is 0 Å². The number of nitrogens with two attached hydrogens (primary N) is 1. The Morgan fingerprint density at radius 3 is 2.47 bits per heavy atom. The summed E-state index contributed by atoms with van der Waals surface area (Å²) in [5.74, 6) is 1.39. The van der Waals surface area contributed by atoms with Crippen LogP contribution >= 0.6 is 0 Å². The number of nitrogen functional groups attached to an aromatic ring is 1. The number of aryl methyl sites for hydroxylation is 1. The van der Waals surface area contributed by atoms with Gasteiger partial charge in [0.15, 0.2) is 0 Å². The van der Waals surface area contributed by atoms with Gasteiger partial charge in [-0.1, -0.05) is 38.1 Å². The summed E-state index contributed by atoms with van der Waals surface area (Å²) in [5.41, 5.74) is 10.2. The standard InChI is InChI=1S/C16H21N3/c1-11(2)14-6-4-13(5-7-14)10-19-16-8-15(17)12(3)9-18-16/h4-9,11H,10H2,1-3H3,(H3,17,18,19). The minimum absolute atomic E-state index is 0.570. The molecule has 0 aliphatic rings. The normalized spacial score (nSPS) is 10.7. The van der Waals surface area contributed by atoms with Gasteiger partial charge in [0, 0.05) is 24.5 Å². The summed E-state index contributed by atoms with van der Waals surface area (Å²) in [6.45, 7) is 7.11. The number of pyridine rings is 1. The van der Waals surface area contributed by atoms with Crippen LogP contribution in [0.3, 0.4) is 0 Å². The molecule has 0 fully saturated rings. The van der Waals surface area contributed by atoms with Crippen LogP contribution in [-0.4, -0.2) is 4.98 Å². The van der Waals surface area contributed by atoms with Gasteiger partial charge >= 0.3 is 0 Å². The van der Waals surface area contributed by atoms with Crippen LogP contribution in [0.5, 0.6) is 0 Å². The van der Waals surface area contributed by atoms with Crippen LogP contribution in [0, 0.1) is 6.92 Å². The molecule has 3 nitrogen and oxygen atoms in total. The zero-order valence-corrected chi connectivity index (χ0v) is 11.8. The maximum absolute atomic E-state index is 5.86. The maximum atomic E-state index is 5.86. The third-order valence-corrected chi connectivity index (χ3v) is 3.26. The van der Waals surface area contributed by atoms with E-state index in [1.165, 1.54) is 11.1 Å². The number of nitrogens with zero attached hydrogens (tertiary/aromatic N) is 1. The van der Waals surface area contributed by atoms with E-state index in [2.05, 4.69) is 48.4 Å². The van der Waals surface area contributed by atoms with E-state index >= 15 is 0 Å². The molecule has 1 aromatic carbocycles. The first-order valence-electron chi connectivity index (χ1n) is 6.61. The summed E-state index contributed by atoms with van der Waals surface area (Å²) in [7, 11) is 0. The van der Waals surface area contributed by atoms with Crippen molar-refractivity contribution in [3.63, 3.8) is 0 Å². The first-order chi connectivity index (χ1) is 9.06. The molecule has 0 aliphatic heterocycles. The molecule has 1 heterocycles. The molecular weight excluding hydrogens is 234 g/mol. The Morgan fingerprint density at radius 2 is 1.89 bits per heavy atom. The van der Waals surface area contributed by atoms with E-state index in [9.17, 15) is 0 Å². The Hall–Kier alpha value is -2.03. The lowest BCUT2D eigenvalue weighted by Crippen LogP contribution is -2.03. The molecule has 2 aromatic rings. The molecule has 0 spiro atoms. The molecule has 0 amide bonds. The van der Waals surface area contributed by atoms with E-state index < -0.39 is 0 Å². The number of benzene rings is 1. The quantitative estimate of drug-likeness (QED) is 0.875. The Labute approximate surface area is 114 Å². The van der Waals surface area contributed by atoms with Crippen molar-refractivity contribution in [1.29, 1.82) is 0 Å². The average Bonchev–Trinajstić information content (AvgIpc) is 2.40. The van der Waals surface area contributed by atoms with Crippen molar-refractivity contribution in [3.05, 3.63) is 53.2 Å². The highest BCUT2D eigenvalue weighted by atomic mass is 15.0. The highest BCUT2D eigenvalue weighted by Crippen LogP contribution is 2.17. The van der Waals surface area contributed by atoms with E-state index in [0.29, 0.717) is 5.92 Å². The summed E-state index contributed by atoms with van der Waals surface area (Å²) in [6, 6.07) is 10.5. The van der Waals surface area contributed by atoms with Crippen LogP contribution in [0.15, 0.2) is 36.5 Å². The third kappa shape index (κ3) is 3.47. The smallest absolute Gasteiger partial charge is 0.128 e. The topological polar surface area (TPSA) is 50.9 Å². The van der Waals surface area contributed by atoms with Crippen LogP contribution in [0.1, 0.15) is 36.5 Å². The van der Waals surface area contributed by atoms with Gasteiger partial charge in [0.2, 0.25) is 0 Å². The van der Waals surface area contributed by atoms with Gasteiger partial charge < -0.3 is 11.1 Å². The molecule has 2 rings (SSSR count). The molecule has 0 atom stereocenters. The molecule has 19 heavy (non-hydrogen) atoms. The van der Waals surface area contributed by atoms with Crippen molar-refractivity contribution in [1.82, 2.24) is 4.98 Å². The van der Waals surface area contributed by atoms with Crippen LogP contribution in [-0.2, 0) is 6.54 Å². The summed E-state index contributed by atoms with van der Waals surface area (Å²) >= 11 is 0. The number of anilines is 2. The minimum atomic E-state index is 0.570. The van der Waals surface area contributed by atoms with Crippen LogP contribution in [0.2, 0.25) is 0 Å². The molecule has 0 aliphatic carbocycles. The second kappa shape index (κ2) is 5.74. The van der Waals surface area contributed by atoms with E-state index in [1.807, 2.05) is 13.0 Å². The molecule has 0 radical (unpaired) electrons. The lowest BCUT2D eigenvalue weighted by atomic mass is 10.0. The highest BCUT2D eigenvalue weighted by molar-refractivity contribution is 5.53. The van der Waals surface area contributed by atoms with Crippen molar-refractivity contribution in [2.24, 2.45) is 0 Å². The molecule has 3 heteroatoms. The zero-order valence-electron chi connectivity index (χ0n) is 11.8. The van der Waals surface area contributed by atoms with Crippen molar-refractivity contribution in [3.8, 4) is 0 Å². The van der Waals surface area contributed by atoms with E-state index in [4.69, 9.17) is 5.73 Å². The Balaban J connectivity index is 2.00. The van der Waals surface area contributed by atoms with Crippen molar-refractivity contribution >= 4 is 11.5 Å². The molecule has 0 bridgehead atoms. The lowest BCUT2D eigenvalue weighted by molar-refractivity contribution is 0.865. The van der Waals surface area contributed by atoms with Crippen LogP contribution in [0.4, 0.5) is 11.5 Å². The van der Waals surface area contributed by atoms with Gasteiger partial charge in [-0.25, -0.2) is 4.98 Å². The van der Waals surface area contributed by atoms with Gasteiger partial charge in [0.1, 0.15) is 5.82 Å². The van der Waals surface area contributed by atoms with E-state index in [0.717, 1.165) is 23.6 Å². The molecule has 0 unspecified atom stereocenters. The zero-order chi connectivity index (χ0) is 13.8. The summed E-state index contributed by atoms with van der Waals surface area (Å²) in [5, 5.41) is 3.29. The fourth-order valence-corrected chi connectivity index (χ4v) is 1.85. The second-order valence-electron chi connectivity index (χ2n) is 5.18. The number of aromatic nitrogens is 1. The van der Waals surface area contributed by atoms with Crippen LogP contribution < -0.4 is 11.1 Å². The largest absolute Gasteiger partial charge is 0.398 e. The molecule has 0 saturated carbocycles. The Kier molecular flexibility index (Phi) is 4.05. The predicted molar refractivity (Wildman–Crippen MR) is 81.2 cm³/mol. The molecular formula is C16H21N3. The van der Waals surface area contributed by atoms with Crippen molar-refractivity contribution in [2.45, 2.75) is 33.2 Å². The fraction of sp³-hybridized carbons (Fsp3) is 0.312. The van der Waals surface area contributed by atoms with Crippen LogP contribution in [0.25, 0.3) is 0 Å². The maximum Gasteiger partial charge on any atom is 0.128 e. The monoisotopic (exact) mass is 255 g/mol. The van der Waals surface area contributed by atoms with Gasteiger partial charge in [-0.05, 0) is 29.5 Å². The molecule has 0 saturated heterocycles. The fourth-order valence-electron chi connectivity index (χ4n) is 1.85. The summed E-state index contributed by atoms with van der Waals surface area (Å²) in [6.07, 6.45) is 1.79. The van der Waals surface area contributed by atoms with Gasteiger partial charge in [-0.3, -0.25) is 0 Å². The summed E-state index contributed by atoms with van der Waals surface area (Å²) < 4.78 is 0. The second-order valence-corrected chi connectivity index (χ2v) is 5.18. The molecule has 3 N–H and O–H groups in total. The molecule has 100 valence electrons. The average molecular weight is 255 g/mol. The third-order valence-electron chi connectivity index (χ3n) is 3.26. The predicted octanol–water partition coefficient (Wildman–Crippen LogP) is 3.71. The summed E-state index contributed by atoms with van der Waals surface area (Å²) in [4.78, 5) is 4.31. The Bertz CT molecular complexity index is 544. The molecule has 1 aromatic heterocycles. The van der Waals surface area contributed by atoms with Gasteiger partial charge in [0.05, 0.1) is 0 Å². The number of hydrogen-bond donors (Lipinski definition) is 2. The van der Waals surface area contributed by atoms with Crippen molar-refractivity contribution in [2.75, 3.05) is 11.1 Å². The van der Waals surface area contributed by atoms with E-state index in [-0.39, 0.29) is 0 Å². The Morgan fingerprint density at radius 1 is 1.21 bits per heavy atom. The first-order valence-corrected chi connectivity index (χ1v) is 6.61. The SMILES string of the molecule is Cc1cnc(NCc2ccc(C(C)C)cc2)cc1N. The minimum Gasteiger partial charge on any atom is -0.398 e. The number of hydrogen-bond acceptors (Lipinski definition) is 3. The lowest BCUT2D eigenvalue weighted by Gasteiger charge is -2.09. The first kappa shape index (κ1) is 13.4. The van der Waals surface area contributed by atoms with E-state index in [1.54, 1.807) is 6.20 Å².